The maximum absolute atomic E-state index is 14.4. The molecule has 0 aliphatic heterocycles. The molecule has 6 aromatic carbocycles. The third-order valence-electron chi connectivity index (χ3n) is 14.3. The lowest BCUT2D eigenvalue weighted by atomic mass is 9.49. The second-order valence-corrected chi connectivity index (χ2v) is 18.3. The molecule has 0 amide bonds. The Kier molecular flexibility index (Phi) is 12.5. The topological polar surface area (TPSA) is 144 Å². The molecule has 1 saturated carbocycles. The molecule has 66 heavy (non-hydrogen) atoms. The lowest BCUT2D eigenvalue weighted by Gasteiger charge is -2.56. The van der Waals surface area contributed by atoms with Gasteiger partial charge in [0.25, 0.3) is 0 Å². The molecule has 0 spiro atoms. The third-order valence-corrected chi connectivity index (χ3v) is 14.3. The minimum absolute atomic E-state index is 0.000995. The number of nitrogens with one attached hydrogen (secondary N) is 1. The van der Waals surface area contributed by atoms with Gasteiger partial charge in [-0.3, -0.25) is 9.59 Å². The fourth-order valence-electron chi connectivity index (χ4n) is 11.5. The molecule has 6 unspecified atom stereocenters. The highest BCUT2D eigenvalue weighted by Crippen LogP contribution is 2.60. The van der Waals surface area contributed by atoms with Gasteiger partial charge >= 0.3 is 11.9 Å². The molecule has 4 N–H and O–H groups in total. The maximum atomic E-state index is 14.4. The Morgan fingerprint density at radius 2 is 1.55 bits per heavy atom. The van der Waals surface area contributed by atoms with Crippen molar-refractivity contribution in [1.82, 2.24) is 5.32 Å². The van der Waals surface area contributed by atoms with Gasteiger partial charge in [0, 0.05) is 31.2 Å². The van der Waals surface area contributed by atoms with Crippen LogP contribution in [0.2, 0.25) is 0 Å². The molecular weight excluding hydrogens is 831 g/mol. The summed E-state index contributed by atoms with van der Waals surface area (Å²) in [6.07, 6.45) is 6.43. The normalized spacial score (nSPS) is 22.2. The zero-order valence-electron chi connectivity index (χ0n) is 37.9. The van der Waals surface area contributed by atoms with E-state index >= 15 is 0 Å². The van der Waals surface area contributed by atoms with Gasteiger partial charge in [-0.25, -0.2) is 0 Å². The van der Waals surface area contributed by atoms with Gasteiger partial charge in [0.05, 0.1) is 20.6 Å². The summed E-state index contributed by atoms with van der Waals surface area (Å²) in [6.45, 7) is 2.13. The summed E-state index contributed by atoms with van der Waals surface area (Å²) in [5.41, 5.74) is 8.17. The maximum Gasteiger partial charge on any atom is 0.310 e. The predicted octanol–water partition coefficient (Wildman–Crippen LogP) is 10.0. The zero-order valence-corrected chi connectivity index (χ0v) is 37.9. The Morgan fingerprint density at radius 1 is 0.773 bits per heavy atom. The highest BCUT2D eigenvalue weighted by atomic mass is 16.6. The second kappa shape index (κ2) is 18.6. The Bertz CT molecular complexity index is 2820. The number of methoxy groups -OCH3 is 2. The molecule has 10 heteroatoms. The molecule has 3 aliphatic rings. The molecule has 0 saturated heterocycles. The summed E-state index contributed by atoms with van der Waals surface area (Å²) >= 11 is 0. The van der Waals surface area contributed by atoms with Crippen LogP contribution in [0.25, 0.3) is 28.0 Å². The first-order valence-electron chi connectivity index (χ1n) is 22.8. The number of hydrogen-bond acceptors (Lipinski definition) is 10. The molecule has 0 heterocycles. The van der Waals surface area contributed by atoms with Crippen molar-refractivity contribution in [2.45, 2.75) is 76.5 Å². The number of fused-ring (bicyclic) bond motifs is 7. The monoisotopic (exact) mass is 887 g/mol. The first-order valence-corrected chi connectivity index (χ1v) is 22.8. The van der Waals surface area contributed by atoms with Crippen LogP contribution in [0.15, 0.2) is 115 Å². The van der Waals surface area contributed by atoms with Gasteiger partial charge in [-0.2, -0.15) is 0 Å². The van der Waals surface area contributed by atoms with Crippen LogP contribution in [0.3, 0.4) is 0 Å². The number of ether oxygens (including phenoxy) is 4. The molecule has 0 aromatic heterocycles. The van der Waals surface area contributed by atoms with Crippen LogP contribution in [-0.4, -0.2) is 60.7 Å². The van der Waals surface area contributed by atoms with Crippen LogP contribution in [0.5, 0.6) is 28.7 Å². The molecule has 6 atom stereocenters. The van der Waals surface area contributed by atoms with Gasteiger partial charge in [0.15, 0.2) is 23.0 Å². The van der Waals surface area contributed by atoms with Crippen LogP contribution in [-0.2, 0) is 51.3 Å². The number of rotatable bonds is 11. The highest BCUT2D eigenvalue weighted by molar-refractivity contribution is 5.98. The van der Waals surface area contributed by atoms with Crippen LogP contribution in [0, 0.1) is 17.3 Å². The number of carbonyl (C=O) groups excluding carboxylic acids is 2. The second-order valence-electron chi connectivity index (χ2n) is 18.3. The first kappa shape index (κ1) is 44.4. The van der Waals surface area contributed by atoms with E-state index in [-0.39, 0.29) is 47.8 Å². The summed E-state index contributed by atoms with van der Waals surface area (Å²) in [7, 11) is 4.99. The summed E-state index contributed by atoms with van der Waals surface area (Å²) in [6, 6.07) is 35.1. The fraction of sp³-hybridized carbons (Fsp3) is 0.321. The van der Waals surface area contributed by atoms with Gasteiger partial charge in [0.2, 0.25) is 0 Å². The van der Waals surface area contributed by atoms with E-state index in [1.54, 1.807) is 25.3 Å². The van der Waals surface area contributed by atoms with E-state index in [1.165, 1.54) is 14.0 Å². The molecule has 6 aromatic rings. The largest absolute Gasteiger partial charge is 0.508 e. The van der Waals surface area contributed by atoms with E-state index in [9.17, 15) is 24.9 Å². The Hall–Kier alpha value is -6.78. The van der Waals surface area contributed by atoms with Crippen LogP contribution >= 0.6 is 0 Å². The first-order chi connectivity index (χ1) is 31.9. The van der Waals surface area contributed by atoms with Crippen molar-refractivity contribution in [3.05, 3.63) is 154 Å². The molecule has 9 rings (SSSR count). The molecule has 340 valence electrons. The van der Waals surface area contributed by atoms with E-state index in [2.05, 4.69) is 41.7 Å². The van der Waals surface area contributed by atoms with Gasteiger partial charge in [-0.15, -0.1) is 0 Å². The van der Waals surface area contributed by atoms with Gasteiger partial charge < -0.3 is 39.6 Å². The number of carbonyl (C=O) groups is 2. The van der Waals surface area contributed by atoms with Gasteiger partial charge in [-0.1, -0.05) is 72.8 Å². The summed E-state index contributed by atoms with van der Waals surface area (Å²) < 4.78 is 24.3. The van der Waals surface area contributed by atoms with E-state index in [0.29, 0.717) is 43.7 Å². The van der Waals surface area contributed by atoms with Crippen LogP contribution in [0.4, 0.5) is 0 Å². The van der Waals surface area contributed by atoms with Crippen molar-refractivity contribution in [1.29, 1.82) is 0 Å². The Balaban J connectivity index is 1.13. The Labute approximate surface area is 385 Å². The smallest absolute Gasteiger partial charge is 0.310 e. The van der Waals surface area contributed by atoms with Crippen LogP contribution < -0.4 is 14.8 Å². The van der Waals surface area contributed by atoms with Crippen molar-refractivity contribution in [2.24, 2.45) is 17.3 Å². The third kappa shape index (κ3) is 8.82. The lowest BCUT2D eigenvalue weighted by Crippen LogP contribution is -2.54. The van der Waals surface area contributed by atoms with Crippen molar-refractivity contribution < 1.29 is 43.9 Å². The number of aromatic hydroxyl groups is 3. The van der Waals surface area contributed by atoms with Crippen molar-refractivity contribution in [3.8, 4) is 39.9 Å². The van der Waals surface area contributed by atoms with Crippen molar-refractivity contribution in [3.63, 3.8) is 0 Å². The van der Waals surface area contributed by atoms with E-state index in [4.69, 9.17) is 18.9 Å². The number of phenolic OH excluding ortho intramolecular Hbond substituents is 3. The number of phenols is 3. The number of hydrogen-bond donors (Lipinski definition) is 4. The van der Waals surface area contributed by atoms with Gasteiger partial charge in [-0.05, 0) is 160 Å². The zero-order chi connectivity index (χ0) is 46.1. The van der Waals surface area contributed by atoms with Crippen molar-refractivity contribution >= 4 is 28.8 Å². The van der Waals surface area contributed by atoms with E-state index in [1.807, 2.05) is 73.8 Å². The number of esters is 2. The average Bonchev–Trinajstić information content (AvgIpc) is 3.30. The van der Waals surface area contributed by atoms with E-state index < -0.39 is 29.6 Å². The minimum atomic E-state index is -0.644. The lowest BCUT2D eigenvalue weighted by molar-refractivity contribution is -0.164. The predicted molar refractivity (Wildman–Crippen MR) is 255 cm³/mol. The summed E-state index contributed by atoms with van der Waals surface area (Å²) in [4.78, 5) is 27.6. The van der Waals surface area contributed by atoms with Crippen LogP contribution in [0.1, 0.15) is 71.0 Å². The molecule has 0 bridgehead atoms. The number of allylic oxidation sites excluding steroid dienone is 1. The molecule has 3 aliphatic carbocycles. The average molecular weight is 888 g/mol. The van der Waals surface area contributed by atoms with Gasteiger partial charge in [0.1, 0.15) is 18.0 Å². The molecular formula is C56H57NO9. The summed E-state index contributed by atoms with van der Waals surface area (Å²) in [5.74, 6) is -0.256. The molecule has 0 radical (unpaired) electrons. The molecule has 1 fully saturated rings. The number of benzene rings is 6. The quantitative estimate of drug-likeness (QED) is 0.0929. The molecule has 10 nitrogen and oxygen atoms in total. The van der Waals surface area contributed by atoms with Crippen molar-refractivity contribution in [2.75, 3.05) is 21.3 Å². The fourth-order valence-corrected chi connectivity index (χ4v) is 11.5. The SMILES string of the molecule is CNCc1cccc(-c2cc(O)cc3ccc(CC(=O)OC4CC(OC(C)=O)C5Cc6cc(OC)c(O)cc6CC5(C=Cc5ccccc5)C5CCc6cc(O)c(OC)cc6C5C4)cc23)c1. The Morgan fingerprint density at radius 3 is 2.30 bits per heavy atom. The highest BCUT2D eigenvalue weighted by Gasteiger charge is 2.56. The number of aryl methyl sites for hydroxylation is 1. The summed E-state index contributed by atoms with van der Waals surface area (Å²) in [5, 5.41) is 37.9. The standard InChI is InChI=1S/C56H57NO9/c1-33(58)65-52-29-43(66-55(62)21-35-13-14-38-22-42(59)27-45(44(38)20-35)37-12-8-11-36(19-37)32-57-2)28-47-46-30-54(64-4)50(60)24-39(46)15-16-48(47)56(18-17-34-9-6-5-7-10-34)31-41-25-51(61)53(63-3)26-40(41)23-49(52)56/h5-14,17-20,22,24-27,30,43,47-49,52,57,59-61H,15-16,21,23,28-29,31-32H2,1-4H3. The van der Waals surface area contributed by atoms with E-state index in [0.717, 1.165) is 67.3 Å². The minimum Gasteiger partial charge on any atom is -0.508 e.